The molecule has 3 N–H and O–H groups in total. The number of thiophene rings is 1. The average molecular weight is 407 g/mol. The number of aliphatic hydroxyl groups is 1. The summed E-state index contributed by atoms with van der Waals surface area (Å²) in [7, 11) is 0. The Labute approximate surface area is 168 Å². The molecule has 0 unspecified atom stereocenters. The van der Waals surface area contributed by atoms with Crippen LogP contribution in [-0.2, 0) is 4.79 Å². The summed E-state index contributed by atoms with van der Waals surface area (Å²) in [6.45, 7) is 1.91. The molecule has 146 valence electrons. The Kier molecular flexibility index (Phi) is 8.84. The van der Waals surface area contributed by atoms with Crippen LogP contribution in [0.3, 0.4) is 0 Å². The van der Waals surface area contributed by atoms with E-state index in [9.17, 15) is 14.7 Å². The number of benzene rings is 1. The molecule has 0 saturated heterocycles. The fourth-order valence-corrected chi connectivity index (χ4v) is 3.99. The van der Waals surface area contributed by atoms with Gasteiger partial charge in [0.15, 0.2) is 0 Å². The van der Waals surface area contributed by atoms with Crippen molar-refractivity contribution in [2.24, 2.45) is 0 Å². The van der Waals surface area contributed by atoms with Gasteiger partial charge in [0.1, 0.15) is 6.04 Å². The molecule has 1 heterocycles. The highest BCUT2D eigenvalue weighted by Gasteiger charge is 2.24. The van der Waals surface area contributed by atoms with Gasteiger partial charge in [-0.3, -0.25) is 9.59 Å². The van der Waals surface area contributed by atoms with Gasteiger partial charge >= 0.3 is 0 Å². The van der Waals surface area contributed by atoms with Crippen LogP contribution in [0.5, 0.6) is 0 Å². The van der Waals surface area contributed by atoms with Crippen molar-refractivity contribution in [3.8, 4) is 0 Å². The van der Waals surface area contributed by atoms with Gasteiger partial charge in [0.2, 0.25) is 5.91 Å². The summed E-state index contributed by atoms with van der Waals surface area (Å²) in [5, 5.41) is 17.1. The summed E-state index contributed by atoms with van der Waals surface area (Å²) >= 11 is 3.17. The van der Waals surface area contributed by atoms with Gasteiger partial charge < -0.3 is 15.7 Å². The van der Waals surface area contributed by atoms with Crippen LogP contribution in [0, 0.1) is 6.92 Å². The maximum absolute atomic E-state index is 12.9. The van der Waals surface area contributed by atoms with E-state index in [1.807, 2.05) is 42.8 Å². The van der Waals surface area contributed by atoms with Crippen LogP contribution in [0.1, 0.15) is 39.7 Å². The SMILES string of the molecule is CSCC[C@@H](NC(=O)c1cccc(C)c1)C(=O)N[C@H](CCO)c1cccs1. The molecule has 0 radical (unpaired) electrons. The zero-order valence-corrected chi connectivity index (χ0v) is 17.2. The van der Waals surface area contributed by atoms with Crippen molar-refractivity contribution in [3.63, 3.8) is 0 Å². The molecule has 0 spiro atoms. The van der Waals surface area contributed by atoms with E-state index in [0.717, 1.165) is 16.2 Å². The second kappa shape index (κ2) is 11.1. The fraction of sp³-hybridized carbons (Fsp3) is 0.400. The van der Waals surface area contributed by atoms with E-state index in [4.69, 9.17) is 0 Å². The van der Waals surface area contributed by atoms with Gasteiger partial charge in [-0.25, -0.2) is 0 Å². The summed E-state index contributed by atoms with van der Waals surface area (Å²) in [5.74, 6) is 0.280. The number of aliphatic hydroxyl groups excluding tert-OH is 1. The molecule has 0 aliphatic rings. The molecule has 0 bridgehead atoms. The van der Waals surface area contributed by atoms with Crippen molar-refractivity contribution in [1.29, 1.82) is 0 Å². The van der Waals surface area contributed by atoms with E-state index in [-0.39, 0.29) is 24.5 Å². The van der Waals surface area contributed by atoms with E-state index in [2.05, 4.69) is 10.6 Å². The highest BCUT2D eigenvalue weighted by atomic mass is 32.2. The van der Waals surface area contributed by atoms with Crippen LogP contribution < -0.4 is 10.6 Å². The van der Waals surface area contributed by atoms with E-state index in [1.54, 1.807) is 23.9 Å². The largest absolute Gasteiger partial charge is 0.396 e. The average Bonchev–Trinajstić information content (AvgIpc) is 3.19. The molecular weight excluding hydrogens is 380 g/mol. The zero-order chi connectivity index (χ0) is 19.6. The molecule has 0 aliphatic heterocycles. The van der Waals surface area contributed by atoms with Crippen molar-refractivity contribution in [2.75, 3.05) is 18.6 Å². The molecule has 27 heavy (non-hydrogen) atoms. The van der Waals surface area contributed by atoms with Crippen LogP contribution in [0.25, 0.3) is 0 Å². The second-order valence-corrected chi connectivity index (χ2v) is 8.23. The molecule has 0 saturated carbocycles. The molecule has 2 rings (SSSR count). The molecule has 2 aromatic rings. The fourth-order valence-electron chi connectivity index (χ4n) is 2.71. The van der Waals surface area contributed by atoms with Gasteiger partial charge in [-0.1, -0.05) is 23.8 Å². The normalized spacial score (nSPS) is 13.0. The van der Waals surface area contributed by atoms with Crippen molar-refractivity contribution in [1.82, 2.24) is 10.6 Å². The second-order valence-electron chi connectivity index (χ2n) is 6.27. The number of thioether (sulfide) groups is 1. The minimum atomic E-state index is -0.619. The molecule has 2 amide bonds. The zero-order valence-electron chi connectivity index (χ0n) is 15.6. The lowest BCUT2D eigenvalue weighted by Gasteiger charge is -2.22. The van der Waals surface area contributed by atoms with Crippen LogP contribution in [0.15, 0.2) is 41.8 Å². The number of carbonyl (C=O) groups excluding carboxylic acids is 2. The predicted octanol–water partition coefficient (Wildman–Crippen LogP) is 3.15. The van der Waals surface area contributed by atoms with Gasteiger partial charge in [0, 0.05) is 17.0 Å². The van der Waals surface area contributed by atoms with Crippen LogP contribution in [0.2, 0.25) is 0 Å². The minimum Gasteiger partial charge on any atom is -0.396 e. The Bertz CT molecular complexity index is 735. The topological polar surface area (TPSA) is 78.4 Å². The summed E-state index contributed by atoms with van der Waals surface area (Å²) in [6, 6.07) is 10.3. The molecule has 0 aliphatic carbocycles. The third-order valence-corrected chi connectivity index (χ3v) is 5.76. The number of carbonyl (C=O) groups is 2. The van der Waals surface area contributed by atoms with Crippen molar-refractivity contribution in [2.45, 2.75) is 31.8 Å². The summed E-state index contributed by atoms with van der Waals surface area (Å²) in [4.78, 5) is 26.4. The van der Waals surface area contributed by atoms with Crippen molar-refractivity contribution >= 4 is 34.9 Å². The molecule has 7 heteroatoms. The van der Waals surface area contributed by atoms with Crippen LogP contribution in [-0.4, -0.2) is 41.6 Å². The van der Waals surface area contributed by atoms with Gasteiger partial charge in [-0.2, -0.15) is 11.8 Å². The first-order chi connectivity index (χ1) is 13.0. The smallest absolute Gasteiger partial charge is 0.251 e. The molecule has 0 fully saturated rings. The highest BCUT2D eigenvalue weighted by molar-refractivity contribution is 7.98. The van der Waals surface area contributed by atoms with E-state index >= 15 is 0 Å². The first kappa shape index (κ1) is 21.5. The summed E-state index contributed by atoms with van der Waals surface area (Å²) in [6.07, 6.45) is 2.95. The van der Waals surface area contributed by atoms with Crippen molar-refractivity contribution in [3.05, 3.63) is 57.8 Å². The van der Waals surface area contributed by atoms with Gasteiger partial charge in [0.05, 0.1) is 6.04 Å². The molecule has 5 nitrogen and oxygen atoms in total. The third kappa shape index (κ3) is 6.68. The predicted molar refractivity (Wildman–Crippen MR) is 112 cm³/mol. The first-order valence-electron chi connectivity index (χ1n) is 8.86. The Balaban J connectivity index is 2.09. The maximum atomic E-state index is 12.9. The minimum absolute atomic E-state index is 0.0199. The lowest BCUT2D eigenvalue weighted by molar-refractivity contribution is -0.123. The first-order valence-corrected chi connectivity index (χ1v) is 11.1. The summed E-state index contributed by atoms with van der Waals surface area (Å²) < 4.78 is 0. The third-order valence-electron chi connectivity index (χ3n) is 4.13. The van der Waals surface area contributed by atoms with Gasteiger partial charge in [-0.15, -0.1) is 11.3 Å². The lowest BCUT2D eigenvalue weighted by Crippen LogP contribution is -2.48. The number of hydrogen-bond acceptors (Lipinski definition) is 5. The Morgan fingerprint density at radius 3 is 2.63 bits per heavy atom. The number of amides is 2. The van der Waals surface area contributed by atoms with Crippen LogP contribution in [0.4, 0.5) is 0 Å². The quantitative estimate of drug-likeness (QED) is 0.566. The van der Waals surface area contributed by atoms with Gasteiger partial charge in [0.25, 0.3) is 5.91 Å². The van der Waals surface area contributed by atoms with E-state index in [0.29, 0.717) is 18.4 Å². The van der Waals surface area contributed by atoms with Gasteiger partial charge in [-0.05, 0) is 55.4 Å². The Morgan fingerprint density at radius 2 is 2.00 bits per heavy atom. The number of aryl methyl sites for hydroxylation is 1. The van der Waals surface area contributed by atoms with E-state index in [1.165, 1.54) is 11.3 Å². The number of hydrogen-bond donors (Lipinski definition) is 3. The molecule has 1 aromatic carbocycles. The number of rotatable bonds is 10. The molecule has 1 aromatic heterocycles. The monoisotopic (exact) mass is 406 g/mol. The molecular formula is C20H26N2O3S2. The standard InChI is InChI=1S/C20H26N2O3S2/c1-14-5-3-6-15(13-14)19(24)22-17(9-12-26-2)20(25)21-16(8-10-23)18-7-4-11-27-18/h3-7,11,13,16-17,23H,8-10,12H2,1-2H3,(H,21,25)(H,22,24)/t16-,17-/m1/s1. The maximum Gasteiger partial charge on any atom is 0.251 e. The highest BCUT2D eigenvalue weighted by Crippen LogP contribution is 2.22. The molecule has 2 atom stereocenters. The number of nitrogens with one attached hydrogen (secondary N) is 2. The Morgan fingerprint density at radius 1 is 1.19 bits per heavy atom. The lowest BCUT2D eigenvalue weighted by atomic mass is 10.1. The van der Waals surface area contributed by atoms with Crippen LogP contribution >= 0.6 is 23.1 Å². The Hall–Kier alpha value is -1.83. The summed E-state index contributed by atoms with van der Waals surface area (Å²) in [5.41, 5.74) is 1.54. The van der Waals surface area contributed by atoms with E-state index < -0.39 is 6.04 Å². The van der Waals surface area contributed by atoms with Crippen molar-refractivity contribution < 1.29 is 14.7 Å².